The summed E-state index contributed by atoms with van der Waals surface area (Å²) in [5.41, 5.74) is 12.9. The number of halogens is 2. The molecule has 0 radical (unpaired) electrons. The minimum Gasteiger partial charge on any atom is -0.383 e. The molecule has 0 unspecified atom stereocenters. The van der Waals surface area contributed by atoms with Crippen molar-refractivity contribution in [2.75, 3.05) is 29.5 Å². The largest absolute Gasteiger partial charge is 0.383 e. The highest BCUT2D eigenvalue weighted by Crippen LogP contribution is 2.31. The van der Waals surface area contributed by atoms with Gasteiger partial charge in [0.05, 0.1) is 6.20 Å². The van der Waals surface area contributed by atoms with Gasteiger partial charge in [0.15, 0.2) is 11.6 Å². The number of nitrogens with zero attached hydrogens (tertiary/aromatic N) is 11. The van der Waals surface area contributed by atoms with E-state index in [9.17, 15) is 0 Å². The van der Waals surface area contributed by atoms with Gasteiger partial charge in [-0.05, 0) is 69.3 Å². The molecule has 1 fully saturated rings. The third-order valence-corrected chi connectivity index (χ3v) is 6.97. The van der Waals surface area contributed by atoms with Crippen molar-refractivity contribution in [2.45, 2.75) is 19.8 Å². The van der Waals surface area contributed by atoms with Crippen LogP contribution in [0.1, 0.15) is 18.4 Å². The summed E-state index contributed by atoms with van der Waals surface area (Å²) in [4.78, 5) is 19.6. The van der Waals surface area contributed by atoms with Gasteiger partial charge in [-0.3, -0.25) is 0 Å². The molecule has 0 aliphatic carbocycles. The van der Waals surface area contributed by atoms with Gasteiger partial charge in [-0.25, -0.2) is 14.0 Å². The molecule has 1 saturated heterocycles. The summed E-state index contributed by atoms with van der Waals surface area (Å²) >= 11 is 6.85. The fourth-order valence-corrected chi connectivity index (χ4v) is 4.47. The highest BCUT2D eigenvalue weighted by Gasteiger charge is 2.20. The van der Waals surface area contributed by atoms with Crippen LogP contribution in [0.4, 0.5) is 17.5 Å². The van der Waals surface area contributed by atoms with Gasteiger partial charge in [0, 0.05) is 44.1 Å². The Labute approximate surface area is 228 Å². The molecule has 0 aromatic carbocycles. The van der Waals surface area contributed by atoms with Gasteiger partial charge in [0.2, 0.25) is 0 Å². The highest BCUT2D eigenvalue weighted by atomic mass is 79.9. The molecule has 0 amide bonds. The van der Waals surface area contributed by atoms with Gasteiger partial charge in [0.25, 0.3) is 11.9 Å². The van der Waals surface area contributed by atoms with Crippen molar-refractivity contribution in [1.29, 1.82) is 0 Å². The first kappa shape index (κ1) is 24.8. The normalized spacial score (nSPS) is 13.0. The first-order valence-electron chi connectivity index (χ1n) is 11.3. The average molecular weight is 629 g/mol. The van der Waals surface area contributed by atoms with E-state index in [1.165, 1.54) is 12.8 Å². The summed E-state index contributed by atoms with van der Waals surface area (Å²) in [6, 6.07) is 3.62. The van der Waals surface area contributed by atoms with Crippen LogP contribution in [0.3, 0.4) is 0 Å². The molecule has 5 aromatic heterocycles. The average Bonchev–Trinajstić information content (AvgIpc) is 3.70. The number of anilines is 3. The molecule has 0 bridgehead atoms. The van der Waals surface area contributed by atoms with Gasteiger partial charge in [0.1, 0.15) is 20.6 Å². The molecule has 15 heteroatoms. The molecule has 0 spiro atoms. The lowest BCUT2D eigenvalue weighted by molar-refractivity contribution is 0.773. The number of hydrogen-bond acceptors (Lipinski definition) is 10. The monoisotopic (exact) mass is 627 g/mol. The Bertz CT molecular complexity index is 1490. The SMILES string of the molecule is Cc1cnn(-c2nc(-n3cccn3)nc(N)c2Br)c1.Nc1nc(-n2cccn2)nc(N2CCCC2)c1Br. The molecular formula is C22H23Br2N13. The van der Waals surface area contributed by atoms with E-state index in [1.54, 1.807) is 51.1 Å². The summed E-state index contributed by atoms with van der Waals surface area (Å²) in [6.45, 7) is 3.97. The summed E-state index contributed by atoms with van der Waals surface area (Å²) < 4.78 is 6.17. The lowest BCUT2D eigenvalue weighted by atomic mass is 10.4. The van der Waals surface area contributed by atoms with Crippen LogP contribution >= 0.6 is 31.9 Å². The highest BCUT2D eigenvalue weighted by molar-refractivity contribution is 9.11. The van der Waals surface area contributed by atoms with Gasteiger partial charge in [-0.15, -0.1) is 0 Å². The third-order valence-electron chi connectivity index (χ3n) is 5.45. The van der Waals surface area contributed by atoms with E-state index in [0.717, 1.165) is 28.9 Å². The van der Waals surface area contributed by atoms with E-state index < -0.39 is 0 Å². The minimum atomic E-state index is 0.337. The Morgan fingerprint density at radius 3 is 1.76 bits per heavy atom. The van der Waals surface area contributed by atoms with Crippen LogP contribution in [-0.2, 0) is 0 Å². The summed E-state index contributed by atoms with van der Waals surface area (Å²) in [6.07, 6.45) is 12.9. The number of aryl methyl sites for hydroxylation is 1. The zero-order chi connectivity index (χ0) is 25.9. The standard InChI is InChI=1S/C11H10BrN7.C11H13BrN6/c1-7-5-15-19(6-7)10-8(12)9(13)16-11(17-10)18-4-2-3-14-18;12-8-9(13)15-11(18-7-3-4-14-18)16-10(8)17-5-1-2-6-17/h2-6H,1H3,(H2,13,16,17);3-4,7H,1-2,5-6H2,(H2,13,15,16). The molecule has 4 N–H and O–H groups in total. The Morgan fingerprint density at radius 2 is 1.27 bits per heavy atom. The maximum atomic E-state index is 5.93. The van der Waals surface area contributed by atoms with Crippen LogP contribution in [0, 0.1) is 6.92 Å². The van der Waals surface area contributed by atoms with E-state index in [0.29, 0.717) is 33.8 Å². The number of aromatic nitrogens is 10. The molecule has 1 aliphatic rings. The predicted molar refractivity (Wildman–Crippen MR) is 146 cm³/mol. The molecule has 5 aromatic rings. The van der Waals surface area contributed by atoms with E-state index in [2.05, 4.69) is 72.0 Å². The van der Waals surface area contributed by atoms with Crippen molar-refractivity contribution in [3.05, 3.63) is 63.8 Å². The van der Waals surface area contributed by atoms with Gasteiger partial charge in [-0.1, -0.05) is 0 Å². The zero-order valence-corrected chi connectivity index (χ0v) is 22.9. The van der Waals surface area contributed by atoms with Crippen LogP contribution in [-0.4, -0.2) is 62.4 Å². The van der Waals surface area contributed by atoms with Crippen LogP contribution in [0.5, 0.6) is 0 Å². The second-order valence-electron chi connectivity index (χ2n) is 8.15. The maximum Gasteiger partial charge on any atom is 0.254 e. The summed E-state index contributed by atoms with van der Waals surface area (Å²) in [7, 11) is 0. The quantitative estimate of drug-likeness (QED) is 0.303. The maximum absolute atomic E-state index is 5.93. The van der Waals surface area contributed by atoms with E-state index in [-0.39, 0.29) is 0 Å². The van der Waals surface area contributed by atoms with Crippen molar-refractivity contribution >= 4 is 49.3 Å². The number of rotatable bonds is 4. The van der Waals surface area contributed by atoms with Crippen molar-refractivity contribution in [3.8, 4) is 17.7 Å². The Kier molecular flexibility index (Phi) is 7.14. The molecule has 6 rings (SSSR count). The summed E-state index contributed by atoms with van der Waals surface area (Å²) in [5.74, 6) is 3.11. The molecule has 0 atom stereocenters. The number of hydrogen-bond donors (Lipinski definition) is 2. The number of nitrogen functional groups attached to an aromatic ring is 2. The van der Waals surface area contributed by atoms with Crippen molar-refractivity contribution in [2.24, 2.45) is 0 Å². The van der Waals surface area contributed by atoms with E-state index >= 15 is 0 Å². The van der Waals surface area contributed by atoms with Gasteiger partial charge >= 0.3 is 0 Å². The minimum absolute atomic E-state index is 0.337. The van der Waals surface area contributed by atoms with Crippen molar-refractivity contribution in [1.82, 2.24) is 49.3 Å². The first-order valence-corrected chi connectivity index (χ1v) is 12.9. The Morgan fingerprint density at radius 1 is 0.730 bits per heavy atom. The molecule has 0 saturated carbocycles. The second-order valence-corrected chi connectivity index (χ2v) is 9.74. The smallest absolute Gasteiger partial charge is 0.254 e. The van der Waals surface area contributed by atoms with E-state index in [4.69, 9.17) is 11.5 Å². The van der Waals surface area contributed by atoms with E-state index in [1.807, 2.05) is 19.2 Å². The van der Waals surface area contributed by atoms with Gasteiger partial charge in [-0.2, -0.15) is 35.2 Å². The third kappa shape index (κ3) is 5.32. The number of nitrogens with two attached hydrogens (primary N) is 2. The Balaban J connectivity index is 0.000000152. The zero-order valence-electron chi connectivity index (χ0n) is 19.8. The second kappa shape index (κ2) is 10.6. The molecule has 1 aliphatic heterocycles. The molecular weight excluding hydrogens is 606 g/mol. The van der Waals surface area contributed by atoms with Crippen LogP contribution in [0.2, 0.25) is 0 Å². The lowest BCUT2D eigenvalue weighted by Crippen LogP contribution is -2.21. The predicted octanol–water partition coefficient (Wildman–Crippen LogP) is 3.11. The topological polar surface area (TPSA) is 160 Å². The van der Waals surface area contributed by atoms with Crippen molar-refractivity contribution < 1.29 is 0 Å². The Hall–Kier alpha value is -3.85. The first-order chi connectivity index (χ1) is 17.9. The van der Waals surface area contributed by atoms with Crippen LogP contribution < -0.4 is 16.4 Å². The fourth-order valence-electron chi connectivity index (χ4n) is 3.68. The molecule has 6 heterocycles. The molecule has 190 valence electrons. The van der Waals surface area contributed by atoms with Crippen molar-refractivity contribution in [3.63, 3.8) is 0 Å². The van der Waals surface area contributed by atoms with Crippen LogP contribution in [0.25, 0.3) is 17.7 Å². The van der Waals surface area contributed by atoms with Gasteiger partial charge < -0.3 is 16.4 Å². The molecule has 37 heavy (non-hydrogen) atoms. The summed E-state index contributed by atoms with van der Waals surface area (Å²) in [5, 5.41) is 12.4. The van der Waals surface area contributed by atoms with Crippen LogP contribution in [0.15, 0.2) is 58.3 Å². The fraction of sp³-hybridized carbons (Fsp3) is 0.227. The molecule has 13 nitrogen and oxygen atoms in total. The lowest BCUT2D eigenvalue weighted by Gasteiger charge is -2.19.